The lowest BCUT2D eigenvalue weighted by molar-refractivity contribution is -0.139. The Morgan fingerprint density at radius 2 is 1.46 bits per heavy atom. The van der Waals surface area contributed by atoms with Crippen LogP contribution in [-0.2, 0) is 28.3 Å². The minimum Gasteiger partial charge on any atom is -0.354 e. The van der Waals surface area contributed by atoms with Crippen molar-refractivity contribution in [3.05, 3.63) is 106 Å². The summed E-state index contributed by atoms with van der Waals surface area (Å²) in [5.74, 6) is 1.29. The first-order valence-corrected chi connectivity index (χ1v) is 14.2. The minimum absolute atomic E-state index is 0.0171. The average Bonchev–Trinajstić information content (AvgIpc) is 2.84. The van der Waals surface area contributed by atoms with Crippen molar-refractivity contribution in [2.24, 2.45) is 5.92 Å². The van der Waals surface area contributed by atoms with E-state index in [1.165, 1.54) is 16.7 Å². The van der Waals surface area contributed by atoms with Gasteiger partial charge in [0.25, 0.3) is 0 Å². The summed E-state index contributed by atoms with van der Waals surface area (Å²) in [5, 5.41) is 3.09. The molecule has 0 aliphatic carbocycles. The monoisotopic (exact) mass is 516 g/mol. The summed E-state index contributed by atoms with van der Waals surface area (Å²) >= 11 is 1.60. The van der Waals surface area contributed by atoms with Crippen LogP contribution in [0.4, 0.5) is 0 Å². The Kier molecular flexibility index (Phi) is 10.8. The number of benzene rings is 3. The summed E-state index contributed by atoms with van der Waals surface area (Å²) in [5.41, 5.74) is 6.88. The summed E-state index contributed by atoms with van der Waals surface area (Å²) in [6.45, 7) is 11.4. The molecule has 1 N–H and O–H groups in total. The Labute approximate surface area is 226 Å². The Hall–Kier alpha value is -3.05. The van der Waals surface area contributed by atoms with Gasteiger partial charge in [-0.05, 0) is 43.4 Å². The molecular weight excluding hydrogens is 476 g/mol. The van der Waals surface area contributed by atoms with Crippen LogP contribution in [-0.4, -0.2) is 35.1 Å². The Bertz CT molecular complexity index is 1160. The zero-order chi connectivity index (χ0) is 26.8. The fourth-order valence-corrected chi connectivity index (χ4v) is 5.32. The molecule has 0 bridgehead atoms. The number of nitrogens with one attached hydrogen (secondary N) is 1. The molecule has 0 radical (unpaired) electrons. The molecule has 0 aliphatic rings. The Morgan fingerprint density at radius 1 is 0.811 bits per heavy atom. The highest BCUT2D eigenvalue weighted by Gasteiger charge is 2.30. The highest BCUT2D eigenvalue weighted by atomic mass is 32.2. The van der Waals surface area contributed by atoms with Crippen LogP contribution in [0.3, 0.4) is 0 Å². The van der Waals surface area contributed by atoms with E-state index in [4.69, 9.17) is 0 Å². The third-order valence-electron chi connectivity index (χ3n) is 6.17. The quantitative estimate of drug-likeness (QED) is 0.309. The number of hydrogen-bond donors (Lipinski definition) is 1. The molecule has 0 heterocycles. The van der Waals surface area contributed by atoms with Crippen molar-refractivity contribution in [3.8, 4) is 0 Å². The molecular formula is C32H40N2O2S. The molecule has 3 aromatic carbocycles. The van der Waals surface area contributed by atoms with E-state index in [0.29, 0.717) is 31.2 Å². The van der Waals surface area contributed by atoms with Gasteiger partial charge in [0, 0.05) is 25.3 Å². The van der Waals surface area contributed by atoms with Gasteiger partial charge in [-0.15, -0.1) is 11.8 Å². The van der Waals surface area contributed by atoms with Gasteiger partial charge in [0.15, 0.2) is 0 Å². The number of thioether (sulfide) groups is 1. The zero-order valence-corrected chi connectivity index (χ0v) is 23.6. The molecule has 0 saturated carbocycles. The molecule has 37 heavy (non-hydrogen) atoms. The van der Waals surface area contributed by atoms with Crippen molar-refractivity contribution < 1.29 is 9.59 Å². The molecule has 1 atom stereocenters. The van der Waals surface area contributed by atoms with Gasteiger partial charge in [0.05, 0.1) is 5.75 Å². The summed E-state index contributed by atoms with van der Waals surface area (Å²) in [7, 11) is 0. The first-order valence-electron chi connectivity index (χ1n) is 13.0. The first kappa shape index (κ1) is 28.5. The lowest BCUT2D eigenvalue weighted by Crippen LogP contribution is -2.51. The lowest BCUT2D eigenvalue weighted by atomic mass is 10.0. The maximum absolute atomic E-state index is 13.8. The lowest BCUT2D eigenvalue weighted by Gasteiger charge is -2.32. The molecule has 0 unspecified atom stereocenters. The van der Waals surface area contributed by atoms with E-state index < -0.39 is 6.04 Å². The second-order valence-corrected chi connectivity index (χ2v) is 11.3. The number of rotatable bonds is 12. The van der Waals surface area contributed by atoms with Crippen LogP contribution in [0.2, 0.25) is 0 Å². The number of aryl methyl sites for hydroxylation is 3. The van der Waals surface area contributed by atoms with Crippen LogP contribution in [0.1, 0.15) is 47.2 Å². The van der Waals surface area contributed by atoms with E-state index in [-0.39, 0.29) is 11.8 Å². The van der Waals surface area contributed by atoms with Gasteiger partial charge >= 0.3 is 0 Å². The predicted octanol–water partition coefficient (Wildman–Crippen LogP) is 6.26. The van der Waals surface area contributed by atoms with Gasteiger partial charge in [0.2, 0.25) is 11.8 Å². The van der Waals surface area contributed by atoms with Gasteiger partial charge in [0.1, 0.15) is 6.04 Å². The molecule has 0 aliphatic heterocycles. The molecule has 2 amide bonds. The number of nitrogens with zero attached hydrogens (tertiary/aromatic N) is 1. The first-order chi connectivity index (χ1) is 17.7. The minimum atomic E-state index is -0.587. The maximum Gasteiger partial charge on any atom is 0.243 e. The second kappa shape index (κ2) is 14.0. The molecule has 0 aromatic heterocycles. The Morgan fingerprint density at radius 3 is 2.11 bits per heavy atom. The standard InChI is InChI=1S/C32H40N2O2S/c1-23(2)19-33-32(36)30(18-27-11-7-6-8-12-27)34(20-28-13-9-10-24(3)15-28)31(35)22-37-21-29-16-25(4)14-26(5)17-29/h6-17,23,30H,18-22H2,1-5H3,(H,33,36)/t30-/m1/s1. The highest BCUT2D eigenvalue weighted by molar-refractivity contribution is 7.99. The Balaban J connectivity index is 1.85. The molecule has 0 fully saturated rings. The zero-order valence-electron chi connectivity index (χ0n) is 22.8. The van der Waals surface area contributed by atoms with Crippen molar-refractivity contribution in [3.63, 3.8) is 0 Å². The van der Waals surface area contributed by atoms with Crippen molar-refractivity contribution in [2.45, 2.75) is 59.4 Å². The number of amides is 2. The van der Waals surface area contributed by atoms with E-state index in [9.17, 15) is 9.59 Å². The van der Waals surface area contributed by atoms with Gasteiger partial charge < -0.3 is 10.2 Å². The normalized spacial score (nSPS) is 11.8. The molecule has 0 saturated heterocycles. The van der Waals surface area contributed by atoms with Crippen LogP contribution < -0.4 is 5.32 Å². The average molecular weight is 517 g/mol. The third-order valence-corrected chi connectivity index (χ3v) is 7.16. The molecule has 3 aromatic rings. The summed E-state index contributed by atoms with van der Waals surface area (Å²) in [4.78, 5) is 29.1. The van der Waals surface area contributed by atoms with Crippen molar-refractivity contribution in [2.75, 3.05) is 12.3 Å². The fraction of sp³-hybridized carbons (Fsp3) is 0.375. The fourth-order valence-electron chi connectivity index (χ4n) is 4.48. The predicted molar refractivity (Wildman–Crippen MR) is 156 cm³/mol. The molecule has 3 rings (SSSR count). The molecule has 0 spiro atoms. The summed E-state index contributed by atoms with van der Waals surface area (Å²) in [6.07, 6.45) is 0.476. The van der Waals surface area contributed by atoms with Gasteiger partial charge in [-0.3, -0.25) is 9.59 Å². The number of carbonyl (C=O) groups is 2. The van der Waals surface area contributed by atoms with Crippen molar-refractivity contribution in [1.82, 2.24) is 10.2 Å². The molecule has 5 heteroatoms. The largest absolute Gasteiger partial charge is 0.354 e. The molecule has 196 valence electrons. The van der Waals surface area contributed by atoms with E-state index in [2.05, 4.69) is 57.3 Å². The van der Waals surface area contributed by atoms with E-state index >= 15 is 0 Å². The SMILES string of the molecule is Cc1cc(C)cc(CSCC(=O)N(Cc2cccc(C)c2)[C@H](Cc2ccccc2)C(=O)NCC(C)C)c1. The highest BCUT2D eigenvalue weighted by Crippen LogP contribution is 2.20. The van der Waals surface area contributed by atoms with Crippen LogP contribution >= 0.6 is 11.8 Å². The van der Waals surface area contributed by atoms with Gasteiger partial charge in [-0.2, -0.15) is 0 Å². The number of hydrogen-bond acceptors (Lipinski definition) is 3. The van der Waals surface area contributed by atoms with E-state index in [0.717, 1.165) is 22.4 Å². The van der Waals surface area contributed by atoms with Gasteiger partial charge in [-0.25, -0.2) is 0 Å². The van der Waals surface area contributed by atoms with Gasteiger partial charge in [-0.1, -0.05) is 103 Å². The van der Waals surface area contributed by atoms with Crippen molar-refractivity contribution >= 4 is 23.6 Å². The summed E-state index contributed by atoms with van der Waals surface area (Å²) in [6, 6.07) is 24.1. The van der Waals surface area contributed by atoms with Crippen LogP contribution in [0.25, 0.3) is 0 Å². The van der Waals surface area contributed by atoms with Crippen LogP contribution in [0.15, 0.2) is 72.8 Å². The summed E-state index contributed by atoms with van der Waals surface area (Å²) < 4.78 is 0. The smallest absolute Gasteiger partial charge is 0.243 e. The topological polar surface area (TPSA) is 49.4 Å². The van der Waals surface area contributed by atoms with Crippen LogP contribution in [0, 0.1) is 26.7 Å². The van der Waals surface area contributed by atoms with Crippen molar-refractivity contribution in [1.29, 1.82) is 0 Å². The molecule has 4 nitrogen and oxygen atoms in total. The van der Waals surface area contributed by atoms with Crippen LogP contribution in [0.5, 0.6) is 0 Å². The second-order valence-electron chi connectivity index (χ2n) is 10.3. The maximum atomic E-state index is 13.8. The number of carbonyl (C=O) groups excluding carboxylic acids is 2. The van der Waals surface area contributed by atoms with E-state index in [1.807, 2.05) is 55.5 Å². The van der Waals surface area contributed by atoms with E-state index in [1.54, 1.807) is 16.7 Å². The third kappa shape index (κ3) is 9.40.